The van der Waals surface area contributed by atoms with E-state index in [0.29, 0.717) is 57.9 Å². The van der Waals surface area contributed by atoms with Gasteiger partial charge in [-0.05, 0) is 68.5 Å². The summed E-state index contributed by atoms with van der Waals surface area (Å²) in [5.41, 5.74) is 3.53. The van der Waals surface area contributed by atoms with Gasteiger partial charge in [0.1, 0.15) is 23.0 Å². The summed E-state index contributed by atoms with van der Waals surface area (Å²) < 4.78 is 27.9. The summed E-state index contributed by atoms with van der Waals surface area (Å²) in [5, 5.41) is 15.2. The fourth-order valence-electron chi connectivity index (χ4n) is 5.08. The van der Waals surface area contributed by atoms with Gasteiger partial charge < -0.3 is 14.4 Å². The summed E-state index contributed by atoms with van der Waals surface area (Å²) in [6.07, 6.45) is 1.16. The third kappa shape index (κ3) is 7.55. The zero-order valence-electron chi connectivity index (χ0n) is 26.0. The summed E-state index contributed by atoms with van der Waals surface area (Å²) in [4.78, 5) is 22.8. The Morgan fingerprint density at radius 3 is 2.23 bits per heavy atom. The minimum absolute atomic E-state index is 0. The molecular formula is C34H34FKN4O4. The quantitative estimate of drug-likeness (QED) is 0.232. The molecule has 2 heterocycles. The van der Waals surface area contributed by atoms with Crippen LogP contribution in [0.4, 0.5) is 4.39 Å². The zero-order chi connectivity index (χ0) is 30.7. The van der Waals surface area contributed by atoms with Crippen molar-refractivity contribution < 1.29 is 70.1 Å². The SMILES string of the molecule is CCCc1nc(CC)c(-c2ccc(OC(C)(C)C)cc2)c(=O)n1Cc1ccc(-c2ccccc2-c2noc([O-])n2)cc1F.[K+]. The number of hydrogen-bond acceptors (Lipinski definition) is 7. The van der Waals surface area contributed by atoms with Crippen LogP contribution in [0.25, 0.3) is 33.6 Å². The summed E-state index contributed by atoms with van der Waals surface area (Å²) in [5.74, 6) is 0.999. The number of aryl methyl sites for hydroxylation is 2. The van der Waals surface area contributed by atoms with Crippen molar-refractivity contribution in [1.29, 1.82) is 0 Å². The average molecular weight is 621 g/mol. The molecule has 0 aliphatic carbocycles. The van der Waals surface area contributed by atoms with Crippen molar-refractivity contribution in [3.05, 3.63) is 100.0 Å². The fraction of sp³-hybridized carbons (Fsp3) is 0.294. The Kier molecular flexibility index (Phi) is 11.0. The maximum atomic E-state index is 15.7. The monoisotopic (exact) mass is 620 g/mol. The van der Waals surface area contributed by atoms with E-state index < -0.39 is 11.9 Å². The standard InChI is InChI=1S/C34H35FN4O4.K/c1-6-10-29-36-28(7-2)30(21-15-17-24(18-16-21)42-34(3,4)5)32(40)39(29)20-23-14-13-22(19-27(23)35)25-11-8-9-12-26(25)31-37-33(41)43-38-31;/h8-9,11-19H,6-7,10,20H2,1-5H3,(H,37,38,41);/q;+1/p-1. The molecule has 0 aliphatic rings. The fourth-order valence-corrected chi connectivity index (χ4v) is 5.08. The van der Waals surface area contributed by atoms with Crippen LogP contribution in [0.5, 0.6) is 11.8 Å². The maximum absolute atomic E-state index is 15.7. The molecule has 44 heavy (non-hydrogen) atoms. The maximum Gasteiger partial charge on any atom is 1.00 e. The van der Waals surface area contributed by atoms with Crippen LogP contribution in [0.1, 0.15) is 58.1 Å². The van der Waals surface area contributed by atoms with Gasteiger partial charge >= 0.3 is 51.4 Å². The van der Waals surface area contributed by atoms with E-state index in [-0.39, 0.29) is 74.9 Å². The van der Waals surface area contributed by atoms with Gasteiger partial charge in [-0.3, -0.25) is 9.36 Å². The first kappa shape index (κ1) is 33.7. The van der Waals surface area contributed by atoms with Gasteiger partial charge in [-0.2, -0.15) is 5.16 Å². The van der Waals surface area contributed by atoms with Crippen molar-refractivity contribution >= 4 is 0 Å². The molecule has 0 amide bonds. The summed E-state index contributed by atoms with van der Waals surface area (Å²) in [6.45, 7) is 9.97. The van der Waals surface area contributed by atoms with E-state index in [9.17, 15) is 9.90 Å². The van der Waals surface area contributed by atoms with E-state index in [1.807, 2.05) is 65.0 Å². The number of halogens is 1. The van der Waals surface area contributed by atoms with Crippen LogP contribution in [-0.4, -0.2) is 25.3 Å². The van der Waals surface area contributed by atoms with E-state index in [1.54, 1.807) is 34.9 Å². The van der Waals surface area contributed by atoms with Gasteiger partial charge in [0.05, 0.1) is 17.8 Å². The molecule has 0 spiro atoms. The normalized spacial score (nSPS) is 11.3. The Labute approximate surface area is 298 Å². The van der Waals surface area contributed by atoms with Crippen LogP contribution in [0, 0.1) is 5.82 Å². The molecule has 222 valence electrons. The van der Waals surface area contributed by atoms with Crippen molar-refractivity contribution in [2.45, 2.75) is 66.0 Å². The minimum Gasteiger partial charge on any atom is -0.528 e. The van der Waals surface area contributed by atoms with Gasteiger partial charge in [0.2, 0.25) is 0 Å². The molecule has 5 aromatic rings. The van der Waals surface area contributed by atoms with Crippen molar-refractivity contribution in [3.8, 4) is 45.5 Å². The van der Waals surface area contributed by atoms with Crippen LogP contribution in [0.15, 0.2) is 76.0 Å². The molecule has 8 nitrogen and oxygen atoms in total. The summed E-state index contributed by atoms with van der Waals surface area (Å²) in [7, 11) is 0. The third-order valence-electron chi connectivity index (χ3n) is 6.97. The molecule has 0 saturated heterocycles. The van der Waals surface area contributed by atoms with E-state index in [2.05, 4.69) is 14.7 Å². The topological polar surface area (TPSA) is 106 Å². The number of rotatable bonds is 9. The Balaban J connectivity index is 0.00000442. The van der Waals surface area contributed by atoms with Gasteiger partial charge in [0, 0.05) is 17.5 Å². The third-order valence-corrected chi connectivity index (χ3v) is 6.97. The number of aromatic nitrogens is 4. The molecule has 0 bridgehead atoms. The molecule has 0 radical (unpaired) electrons. The predicted octanol–water partition coefficient (Wildman–Crippen LogP) is 3.58. The number of nitrogens with zero attached hydrogens (tertiary/aromatic N) is 4. The second kappa shape index (κ2) is 14.3. The molecule has 0 N–H and O–H groups in total. The minimum atomic E-state index is -0.795. The molecule has 0 aliphatic heterocycles. The van der Waals surface area contributed by atoms with Crippen molar-refractivity contribution in [2.75, 3.05) is 0 Å². The Morgan fingerprint density at radius 1 is 0.955 bits per heavy atom. The first-order valence-electron chi connectivity index (χ1n) is 14.4. The van der Waals surface area contributed by atoms with Crippen molar-refractivity contribution in [1.82, 2.24) is 19.7 Å². The van der Waals surface area contributed by atoms with Gasteiger partial charge in [-0.15, -0.1) is 0 Å². The Bertz CT molecular complexity index is 1810. The van der Waals surface area contributed by atoms with Gasteiger partial charge in [0.15, 0.2) is 11.9 Å². The average Bonchev–Trinajstić information content (AvgIpc) is 3.41. The van der Waals surface area contributed by atoms with Crippen LogP contribution >= 0.6 is 0 Å². The predicted molar refractivity (Wildman–Crippen MR) is 161 cm³/mol. The molecule has 0 saturated carbocycles. The molecular weight excluding hydrogens is 586 g/mol. The van der Waals surface area contributed by atoms with Gasteiger partial charge in [0.25, 0.3) is 5.56 Å². The molecule has 2 aromatic heterocycles. The van der Waals surface area contributed by atoms with Crippen LogP contribution in [-0.2, 0) is 19.4 Å². The Hall–Kier alpha value is -3.15. The number of ether oxygens (including phenoxy) is 1. The molecule has 5 rings (SSSR count). The smallest absolute Gasteiger partial charge is 0.528 e. The zero-order valence-corrected chi connectivity index (χ0v) is 29.1. The van der Waals surface area contributed by atoms with E-state index in [1.165, 1.54) is 6.07 Å². The van der Waals surface area contributed by atoms with Crippen LogP contribution in [0.2, 0.25) is 0 Å². The largest absolute Gasteiger partial charge is 1.00 e. The van der Waals surface area contributed by atoms with Crippen molar-refractivity contribution in [2.24, 2.45) is 0 Å². The van der Waals surface area contributed by atoms with Crippen LogP contribution in [0.3, 0.4) is 0 Å². The van der Waals surface area contributed by atoms with Crippen molar-refractivity contribution in [3.63, 3.8) is 0 Å². The summed E-state index contributed by atoms with van der Waals surface area (Å²) >= 11 is 0. The summed E-state index contributed by atoms with van der Waals surface area (Å²) in [6, 6.07) is 19.4. The first-order valence-corrected chi connectivity index (χ1v) is 14.4. The van der Waals surface area contributed by atoms with Gasteiger partial charge in [-0.1, -0.05) is 62.4 Å². The molecule has 0 fully saturated rings. The first-order chi connectivity index (χ1) is 20.6. The van der Waals surface area contributed by atoms with E-state index in [0.717, 1.165) is 12.0 Å². The van der Waals surface area contributed by atoms with Crippen LogP contribution < -0.4 is 66.8 Å². The Morgan fingerprint density at radius 2 is 1.64 bits per heavy atom. The van der Waals surface area contributed by atoms with Gasteiger partial charge in [-0.25, -0.2) is 14.4 Å². The second-order valence-electron chi connectivity index (χ2n) is 11.3. The van der Waals surface area contributed by atoms with E-state index >= 15 is 4.39 Å². The molecule has 0 atom stereocenters. The number of hydrogen-bond donors (Lipinski definition) is 0. The molecule has 3 aromatic carbocycles. The molecule has 0 unspecified atom stereocenters. The second-order valence-corrected chi connectivity index (χ2v) is 11.3. The van der Waals surface area contributed by atoms with E-state index in [4.69, 9.17) is 9.72 Å². The molecule has 10 heteroatoms. The number of benzene rings is 3.